The Hall–Kier alpha value is -3.28. The Morgan fingerprint density at radius 3 is 2.35 bits per heavy atom. The summed E-state index contributed by atoms with van der Waals surface area (Å²) in [6.45, 7) is 0. The van der Waals surface area contributed by atoms with Crippen LogP contribution in [0.2, 0.25) is 0 Å². The average molecular weight is 458 g/mol. The molecule has 0 aliphatic carbocycles. The second-order valence-corrected chi connectivity index (χ2v) is 10.5. The summed E-state index contributed by atoms with van der Waals surface area (Å²) >= 11 is 0. The number of para-hydroxylation sites is 1. The maximum atomic E-state index is 12.1. The van der Waals surface area contributed by atoms with E-state index in [1.54, 1.807) is 42.6 Å². The van der Waals surface area contributed by atoms with Crippen LogP contribution in [-0.2, 0) is 26.3 Å². The zero-order chi connectivity index (χ0) is 22.2. The van der Waals surface area contributed by atoms with E-state index in [-0.39, 0.29) is 9.79 Å². The third-order valence-electron chi connectivity index (χ3n) is 4.61. The van der Waals surface area contributed by atoms with E-state index in [1.807, 2.05) is 0 Å². The molecule has 0 bridgehead atoms. The number of hydrogen-bond acceptors (Lipinski definition) is 7. The van der Waals surface area contributed by atoms with Crippen molar-refractivity contribution in [3.63, 3.8) is 0 Å². The Balaban J connectivity index is 1.71. The number of nitrogens with two attached hydrogens (primary N) is 1. The molecule has 0 unspecified atom stereocenters. The lowest BCUT2D eigenvalue weighted by Crippen LogP contribution is -2.12. The van der Waals surface area contributed by atoms with Gasteiger partial charge < -0.3 is 10.3 Å². The molecule has 9 nitrogen and oxygen atoms in total. The van der Waals surface area contributed by atoms with E-state index in [0.29, 0.717) is 34.8 Å². The maximum Gasteiger partial charge on any atom is 0.238 e. The van der Waals surface area contributed by atoms with Crippen LogP contribution in [0.5, 0.6) is 0 Å². The molecule has 2 aromatic carbocycles. The van der Waals surface area contributed by atoms with Gasteiger partial charge in [0, 0.05) is 18.9 Å². The number of primary sulfonamides is 1. The van der Waals surface area contributed by atoms with Crippen molar-refractivity contribution in [3.8, 4) is 0 Å². The fraction of sp³-hybridized carbons (Fsp3) is 0.100. The van der Waals surface area contributed by atoms with Crippen molar-refractivity contribution in [2.75, 3.05) is 11.6 Å². The lowest BCUT2D eigenvalue weighted by atomic mass is 10.1. The van der Waals surface area contributed by atoms with Crippen molar-refractivity contribution in [2.45, 2.75) is 16.2 Å². The molecule has 0 spiro atoms. The molecule has 0 atom stereocenters. The molecular weight excluding hydrogens is 438 g/mol. The maximum absolute atomic E-state index is 12.1. The molecule has 0 fully saturated rings. The number of nitrogens with one attached hydrogen (secondary N) is 2. The fourth-order valence-corrected chi connectivity index (χ4v) is 4.52. The van der Waals surface area contributed by atoms with Crippen LogP contribution in [0.25, 0.3) is 11.0 Å². The number of benzene rings is 2. The molecule has 2 heterocycles. The van der Waals surface area contributed by atoms with E-state index in [1.165, 1.54) is 18.2 Å². The Labute approximate surface area is 179 Å². The van der Waals surface area contributed by atoms with Crippen LogP contribution in [-0.4, -0.2) is 38.0 Å². The van der Waals surface area contributed by atoms with Crippen LogP contribution in [0.15, 0.2) is 70.6 Å². The number of H-pyrrole nitrogens is 1. The molecule has 0 saturated carbocycles. The topological polar surface area (TPSA) is 148 Å². The van der Waals surface area contributed by atoms with Crippen molar-refractivity contribution >= 4 is 42.4 Å². The fourth-order valence-electron chi connectivity index (χ4n) is 3.16. The number of rotatable bonds is 6. The molecule has 4 aromatic rings. The molecule has 0 amide bonds. The van der Waals surface area contributed by atoms with Crippen LogP contribution in [0.3, 0.4) is 0 Å². The van der Waals surface area contributed by atoms with Crippen molar-refractivity contribution in [3.05, 3.63) is 72.2 Å². The van der Waals surface area contributed by atoms with Gasteiger partial charge in [-0.15, -0.1) is 0 Å². The third-order valence-corrected chi connectivity index (χ3v) is 6.69. The minimum absolute atomic E-state index is 0.0259. The van der Waals surface area contributed by atoms with Gasteiger partial charge in [0.25, 0.3) is 0 Å². The van der Waals surface area contributed by atoms with E-state index < -0.39 is 19.9 Å². The van der Waals surface area contributed by atoms with Gasteiger partial charge in [0.1, 0.15) is 11.3 Å². The molecule has 0 aliphatic heterocycles. The number of sulfonamides is 1. The Morgan fingerprint density at radius 1 is 0.968 bits per heavy atom. The highest BCUT2D eigenvalue weighted by Gasteiger charge is 2.16. The minimum Gasteiger partial charge on any atom is -0.357 e. The number of fused-ring (bicyclic) bond motifs is 1. The molecule has 2 aromatic heterocycles. The van der Waals surface area contributed by atoms with E-state index in [0.717, 1.165) is 11.8 Å². The summed E-state index contributed by atoms with van der Waals surface area (Å²) in [5, 5.41) is 8.24. The van der Waals surface area contributed by atoms with Gasteiger partial charge in [-0.05, 0) is 35.9 Å². The molecule has 160 valence electrons. The Bertz CT molecular complexity index is 1480. The van der Waals surface area contributed by atoms with E-state index >= 15 is 0 Å². The predicted octanol–water partition coefficient (Wildman–Crippen LogP) is 2.34. The van der Waals surface area contributed by atoms with Gasteiger partial charge in [-0.2, -0.15) is 0 Å². The van der Waals surface area contributed by atoms with Crippen molar-refractivity contribution in [1.29, 1.82) is 0 Å². The molecule has 11 heteroatoms. The normalized spacial score (nSPS) is 12.2. The molecule has 0 radical (unpaired) electrons. The second kappa shape index (κ2) is 7.76. The van der Waals surface area contributed by atoms with Crippen LogP contribution in [0.1, 0.15) is 11.4 Å². The zero-order valence-electron chi connectivity index (χ0n) is 16.4. The second-order valence-electron chi connectivity index (χ2n) is 6.99. The van der Waals surface area contributed by atoms with Crippen LogP contribution < -0.4 is 10.5 Å². The van der Waals surface area contributed by atoms with Gasteiger partial charge in [-0.1, -0.05) is 24.3 Å². The monoisotopic (exact) mass is 457 g/mol. The minimum atomic E-state index is -3.77. The summed E-state index contributed by atoms with van der Waals surface area (Å²) in [5.41, 5.74) is 2.50. The molecule has 4 rings (SSSR count). The van der Waals surface area contributed by atoms with Gasteiger partial charge >= 0.3 is 0 Å². The third kappa shape index (κ3) is 4.58. The van der Waals surface area contributed by atoms with Gasteiger partial charge in [0.15, 0.2) is 15.7 Å². The first-order chi connectivity index (χ1) is 14.6. The summed E-state index contributed by atoms with van der Waals surface area (Å²) in [6, 6.07) is 14.5. The van der Waals surface area contributed by atoms with Gasteiger partial charge in [0.2, 0.25) is 10.0 Å². The Morgan fingerprint density at radius 2 is 1.68 bits per heavy atom. The lowest BCUT2D eigenvalue weighted by Gasteiger charge is -2.12. The summed E-state index contributed by atoms with van der Waals surface area (Å²) in [5.74, 6) is 0.914. The molecule has 31 heavy (non-hydrogen) atoms. The molecule has 0 saturated heterocycles. The van der Waals surface area contributed by atoms with Crippen molar-refractivity contribution < 1.29 is 16.8 Å². The predicted molar refractivity (Wildman–Crippen MR) is 117 cm³/mol. The van der Waals surface area contributed by atoms with Crippen LogP contribution in [0.4, 0.5) is 11.5 Å². The Kier molecular flexibility index (Phi) is 5.25. The summed E-state index contributed by atoms with van der Waals surface area (Å²) in [4.78, 5) is 12.3. The van der Waals surface area contributed by atoms with E-state index in [2.05, 4.69) is 20.3 Å². The zero-order valence-corrected chi connectivity index (χ0v) is 18.0. The highest BCUT2D eigenvalue weighted by Crippen LogP contribution is 2.28. The summed E-state index contributed by atoms with van der Waals surface area (Å²) < 4.78 is 47.1. The number of aromatic amines is 1. The van der Waals surface area contributed by atoms with Crippen LogP contribution >= 0.6 is 0 Å². The standard InChI is InChI=1S/C20H19N5O4S2/c1-30(26,27)17-5-3-2-4-15(17)24-20-19-16(10-11-22-19)23-18(25-20)12-13-6-8-14(9-7-13)31(21,28)29/h2-11,22H,12H2,1H3,(H2,21,28,29)(H,23,24,25). The largest absolute Gasteiger partial charge is 0.357 e. The number of sulfone groups is 1. The van der Waals surface area contributed by atoms with Crippen molar-refractivity contribution in [1.82, 2.24) is 15.0 Å². The van der Waals surface area contributed by atoms with Crippen molar-refractivity contribution in [2.24, 2.45) is 5.14 Å². The van der Waals surface area contributed by atoms with Gasteiger partial charge in [0.05, 0.1) is 21.0 Å². The SMILES string of the molecule is CS(=O)(=O)c1ccccc1Nc1nc(Cc2ccc(S(N)(=O)=O)cc2)nc2cc[nH]c12. The number of nitrogens with zero attached hydrogens (tertiary/aromatic N) is 2. The number of anilines is 2. The highest BCUT2D eigenvalue weighted by molar-refractivity contribution is 7.91. The smallest absolute Gasteiger partial charge is 0.238 e. The first kappa shape index (κ1) is 21.0. The molecule has 4 N–H and O–H groups in total. The average Bonchev–Trinajstić information content (AvgIpc) is 3.16. The first-order valence-corrected chi connectivity index (χ1v) is 12.6. The van der Waals surface area contributed by atoms with Gasteiger partial charge in [-0.3, -0.25) is 0 Å². The number of hydrogen-bond donors (Lipinski definition) is 3. The first-order valence-electron chi connectivity index (χ1n) is 9.13. The number of aromatic nitrogens is 3. The highest BCUT2D eigenvalue weighted by atomic mass is 32.2. The summed E-state index contributed by atoms with van der Waals surface area (Å²) in [7, 11) is -7.21. The molecule has 0 aliphatic rings. The van der Waals surface area contributed by atoms with Gasteiger partial charge in [-0.25, -0.2) is 31.9 Å². The lowest BCUT2D eigenvalue weighted by molar-refractivity contribution is 0.597. The quantitative estimate of drug-likeness (QED) is 0.402. The van der Waals surface area contributed by atoms with E-state index in [4.69, 9.17) is 5.14 Å². The van der Waals surface area contributed by atoms with Crippen LogP contribution in [0, 0.1) is 0 Å². The summed E-state index contributed by atoms with van der Waals surface area (Å²) in [6.07, 6.45) is 3.21. The molecular formula is C20H19N5O4S2. The van der Waals surface area contributed by atoms with E-state index in [9.17, 15) is 16.8 Å².